The van der Waals surface area contributed by atoms with Crippen molar-refractivity contribution in [3.05, 3.63) is 57.2 Å². The van der Waals surface area contributed by atoms with Crippen molar-refractivity contribution in [2.45, 2.75) is 40.2 Å². The van der Waals surface area contributed by atoms with Crippen LogP contribution >= 0.6 is 15.9 Å². The third-order valence-corrected chi connectivity index (χ3v) is 6.82. The average molecular weight is 485 g/mol. The molecule has 5 nitrogen and oxygen atoms in total. The van der Waals surface area contributed by atoms with Gasteiger partial charge in [-0.15, -0.1) is 0 Å². The standard InChI is InChI=1S/C25H29BrN2O3/c1-13-7-17-18(8-14(13)2)28-23(15-9-16(26)24(31-6)21(10-15)30-5)22-19(27-17)11-25(3,4)12-20(22)29/h7-11,22-23,27-28H,12H2,1-6H3. The third-order valence-electron chi connectivity index (χ3n) is 6.23. The van der Waals surface area contributed by atoms with Crippen molar-refractivity contribution < 1.29 is 14.3 Å². The highest BCUT2D eigenvalue weighted by Crippen LogP contribution is 2.48. The maximum atomic E-state index is 13.4. The molecule has 0 aromatic heterocycles. The third kappa shape index (κ3) is 3.93. The fourth-order valence-electron chi connectivity index (χ4n) is 4.61. The Labute approximate surface area is 192 Å². The number of allylic oxidation sites excluding steroid dienone is 1. The first kappa shape index (κ1) is 21.8. The van der Waals surface area contributed by atoms with E-state index in [1.54, 1.807) is 14.2 Å². The Morgan fingerprint density at radius 2 is 1.71 bits per heavy atom. The maximum Gasteiger partial charge on any atom is 0.174 e. The summed E-state index contributed by atoms with van der Waals surface area (Å²) in [7, 11) is 3.24. The zero-order valence-corrected chi connectivity index (χ0v) is 20.4. The van der Waals surface area contributed by atoms with E-state index >= 15 is 0 Å². The van der Waals surface area contributed by atoms with Gasteiger partial charge in [0.1, 0.15) is 5.78 Å². The van der Waals surface area contributed by atoms with E-state index in [1.165, 1.54) is 11.1 Å². The molecule has 164 valence electrons. The van der Waals surface area contributed by atoms with Gasteiger partial charge in [0.2, 0.25) is 0 Å². The van der Waals surface area contributed by atoms with Crippen LogP contribution in [0.5, 0.6) is 11.5 Å². The molecule has 0 saturated heterocycles. The maximum absolute atomic E-state index is 13.4. The molecule has 0 radical (unpaired) electrons. The van der Waals surface area contributed by atoms with Crippen molar-refractivity contribution in [1.29, 1.82) is 0 Å². The van der Waals surface area contributed by atoms with Gasteiger partial charge >= 0.3 is 0 Å². The molecular formula is C25H29BrN2O3. The lowest BCUT2D eigenvalue weighted by Gasteiger charge is -2.35. The summed E-state index contributed by atoms with van der Waals surface area (Å²) < 4.78 is 11.9. The highest BCUT2D eigenvalue weighted by atomic mass is 79.9. The molecule has 0 fully saturated rings. The van der Waals surface area contributed by atoms with Crippen LogP contribution in [0.2, 0.25) is 0 Å². The number of ketones is 1. The summed E-state index contributed by atoms with van der Waals surface area (Å²) in [6.45, 7) is 8.42. The molecule has 2 aromatic rings. The molecule has 1 aliphatic carbocycles. The molecule has 2 aliphatic rings. The van der Waals surface area contributed by atoms with Crippen LogP contribution in [0.4, 0.5) is 11.4 Å². The largest absolute Gasteiger partial charge is 0.493 e. The molecule has 0 bridgehead atoms. The van der Waals surface area contributed by atoms with Crippen LogP contribution in [0.15, 0.2) is 40.5 Å². The van der Waals surface area contributed by atoms with Crippen molar-refractivity contribution in [2.24, 2.45) is 11.3 Å². The number of hydrogen-bond acceptors (Lipinski definition) is 5. The van der Waals surface area contributed by atoms with Gasteiger partial charge in [-0.05, 0) is 76.1 Å². The molecule has 2 N–H and O–H groups in total. The van der Waals surface area contributed by atoms with Gasteiger partial charge in [0, 0.05) is 12.1 Å². The zero-order valence-electron chi connectivity index (χ0n) is 18.9. The van der Waals surface area contributed by atoms with E-state index in [0.29, 0.717) is 17.9 Å². The van der Waals surface area contributed by atoms with E-state index in [2.05, 4.69) is 72.5 Å². The lowest BCUT2D eigenvalue weighted by Crippen LogP contribution is -2.36. The molecule has 2 unspecified atom stereocenters. The van der Waals surface area contributed by atoms with Crippen LogP contribution in [0, 0.1) is 25.2 Å². The first-order valence-corrected chi connectivity index (χ1v) is 11.2. The summed E-state index contributed by atoms with van der Waals surface area (Å²) in [6, 6.07) is 8.01. The molecule has 31 heavy (non-hydrogen) atoms. The minimum atomic E-state index is -0.328. The number of Topliss-reactive ketones (excluding diaryl/α,β-unsaturated/α-hetero) is 1. The molecular weight excluding hydrogens is 456 g/mol. The summed E-state index contributed by atoms with van der Waals surface area (Å²) >= 11 is 3.61. The molecule has 4 rings (SSSR count). The van der Waals surface area contributed by atoms with Crippen molar-refractivity contribution in [3.63, 3.8) is 0 Å². The van der Waals surface area contributed by atoms with Gasteiger partial charge < -0.3 is 20.1 Å². The Morgan fingerprint density at radius 1 is 1.03 bits per heavy atom. The number of hydrogen-bond donors (Lipinski definition) is 2. The number of halogens is 1. The predicted molar refractivity (Wildman–Crippen MR) is 128 cm³/mol. The molecule has 0 spiro atoms. The van der Waals surface area contributed by atoms with Crippen LogP contribution in [0.3, 0.4) is 0 Å². The summed E-state index contributed by atoms with van der Waals surface area (Å²) in [5.41, 5.74) is 6.10. The van der Waals surface area contributed by atoms with Crippen molar-refractivity contribution in [2.75, 3.05) is 24.9 Å². The van der Waals surface area contributed by atoms with Gasteiger partial charge in [0.05, 0.1) is 42.0 Å². The van der Waals surface area contributed by atoms with E-state index in [1.807, 2.05) is 12.1 Å². The number of carbonyl (C=O) groups excluding carboxylic acids is 1. The Balaban J connectivity index is 1.92. The summed E-state index contributed by atoms with van der Waals surface area (Å²) in [5.74, 6) is 1.16. The number of carbonyl (C=O) groups is 1. The van der Waals surface area contributed by atoms with Crippen LogP contribution in [-0.4, -0.2) is 20.0 Å². The number of ether oxygens (including phenoxy) is 2. The van der Waals surface area contributed by atoms with Crippen LogP contribution in [-0.2, 0) is 4.79 Å². The molecule has 0 amide bonds. The lowest BCUT2D eigenvalue weighted by atomic mass is 9.72. The number of benzene rings is 2. The van der Waals surface area contributed by atoms with Crippen molar-refractivity contribution in [1.82, 2.24) is 0 Å². The lowest BCUT2D eigenvalue weighted by molar-refractivity contribution is -0.124. The van der Waals surface area contributed by atoms with Crippen molar-refractivity contribution in [3.8, 4) is 11.5 Å². The molecule has 1 heterocycles. The number of anilines is 2. The average Bonchev–Trinajstić information content (AvgIpc) is 2.83. The molecule has 2 aromatic carbocycles. The van der Waals surface area contributed by atoms with Crippen LogP contribution in [0.25, 0.3) is 0 Å². The summed E-state index contributed by atoms with van der Waals surface area (Å²) in [5, 5.41) is 7.27. The van der Waals surface area contributed by atoms with E-state index in [-0.39, 0.29) is 23.2 Å². The predicted octanol–water partition coefficient (Wildman–Crippen LogP) is 6.16. The van der Waals surface area contributed by atoms with Gasteiger partial charge in [0.15, 0.2) is 11.5 Å². The quantitative estimate of drug-likeness (QED) is 0.545. The number of fused-ring (bicyclic) bond motifs is 2. The topological polar surface area (TPSA) is 59.6 Å². The minimum Gasteiger partial charge on any atom is -0.493 e. The summed E-state index contributed by atoms with van der Waals surface area (Å²) in [6.07, 6.45) is 2.72. The fourth-order valence-corrected chi connectivity index (χ4v) is 5.23. The van der Waals surface area contributed by atoms with Gasteiger partial charge in [-0.1, -0.05) is 19.9 Å². The Bertz CT molecular complexity index is 1090. The van der Waals surface area contributed by atoms with E-state index in [0.717, 1.165) is 27.1 Å². The van der Waals surface area contributed by atoms with Gasteiger partial charge in [-0.3, -0.25) is 4.79 Å². The Hall–Kier alpha value is -2.47. The second kappa shape index (κ2) is 7.90. The number of methoxy groups -OCH3 is 2. The summed E-state index contributed by atoms with van der Waals surface area (Å²) in [4.78, 5) is 13.4. The highest BCUT2D eigenvalue weighted by Gasteiger charge is 2.42. The smallest absolute Gasteiger partial charge is 0.174 e. The Morgan fingerprint density at radius 3 is 2.35 bits per heavy atom. The molecule has 6 heteroatoms. The Kier molecular flexibility index (Phi) is 5.54. The SMILES string of the molecule is COc1cc(C2Nc3cc(C)c(C)cc3NC3=CC(C)(C)CC(=O)C32)cc(Br)c1OC. The normalized spacial score (nSPS) is 21.6. The van der Waals surface area contributed by atoms with Gasteiger partial charge in [0.25, 0.3) is 0 Å². The van der Waals surface area contributed by atoms with E-state index < -0.39 is 0 Å². The first-order chi connectivity index (χ1) is 14.6. The second-order valence-electron chi connectivity index (χ2n) is 9.18. The van der Waals surface area contributed by atoms with Crippen molar-refractivity contribution >= 4 is 33.1 Å². The van der Waals surface area contributed by atoms with E-state index in [4.69, 9.17) is 9.47 Å². The van der Waals surface area contributed by atoms with Crippen LogP contribution in [0.1, 0.15) is 43.0 Å². The number of nitrogens with one attached hydrogen (secondary N) is 2. The monoisotopic (exact) mass is 484 g/mol. The number of aryl methyl sites for hydroxylation is 2. The minimum absolute atomic E-state index is 0.192. The highest BCUT2D eigenvalue weighted by molar-refractivity contribution is 9.10. The first-order valence-electron chi connectivity index (χ1n) is 10.4. The zero-order chi connectivity index (χ0) is 22.5. The van der Waals surface area contributed by atoms with E-state index in [9.17, 15) is 4.79 Å². The van der Waals surface area contributed by atoms with Gasteiger partial charge in [-0.25, -0.2) is 0 Å². The molecule has 0 saturated carbocycles. The van der Waals surface area contributed by atoms with Crippen LogP contribution < -0.4 is 20.1 Å². The molecule has 1 aliphatic heterocycles. The molecule has 2 atom stereocenters. The number of rotatable bonds is 3. The second-order valence-corrected chi connectivity index (χ2v) is 10.0. The fraction of sp³-hybridized carbons (Fsp3) is 0.400. The van der Waals surface area contributed by atoms with Gasteiger partial charge in [-0.2, -0.15) is 0 Å².